The monoisotopic (exact) mass is 479 g/mol. The molecule has 0 bridgehead atoms. The number of carbonyl (C=O) groups is 4. The normalized spacial score (nSPS) is 19.4. The summed E-state index contributed by atoms with van der Waals surface area (Å²) in [5.41, 5.74) is -3.80. The SMILES string of the molecule is Cn1ccc(NC(=O)C(=O)C2(NC(=O)[C@H](CC3(F)CCCC3)NC(=O)OC(C)(C)C)CCC2)n1. The van der Waals surface area contributed by atoms with E-state index in [1.807, 2.05) is 0 Å². The molecule has 1 atom stereocenters. The molecule has 3 amide bonds. The van der Waals surface area contributed by atoms with Crippen LogP contribution in [0.2, 0.25) is 0 Å². The fraction of sp³-hybridized carbons (Fsp3) is 0.696. The molecule has 2 aliphatic carbocycles. The van der Waals surface area contributed by atoms with Gasteiger partial charge in [-0.25, -0.2) is 9.18 Å². The number of ether oxygens (including phenoxy) is 1. The summed E-state index contributed by atoms with van der Waals surface area (Å²) in [6.07, 6.45) is 3.70. The number of nitrogens with zero attached hydrogens (tertiary/aromatic N) is 2. The van der Waals surface area contributed by atoms with E-state index in [0.29, 0.717) is 32.1 Å². The van der Waals surface area contributed by atoms with Gasteiger partial charge in [0.15, 0.2) is 5.82 Å². The first kappa shape index (κ1) is 25.6. The zero-order valence-corrected chi connectivity index (χ0v) is 20.2. The molecule has 1 aromatic rings. The van der Waals surface area contributed by atoms with Gasteiger partial charge in [0.05, 0.1) is 0 Å². The number of anilines is 1. The van der Waals surface area contributed by atoms with E-state index in [9.17, 15) is 19.2 Å². The highest BCUT2D eigenvalue weighted by molar-refractivity contribution is 6.44. The van der Waals surface area contributed by atoms with Gasteiger partial charge in [-0.15, -0.1) is 0 Å². The molecule has 2 fully saturated rings. The molecule has 11 heteroatoms. The molecule has 3 N–H and O–H groups in total. The summed E-state index contributed by atoms with van der Waals surface area (Å²) in [5.74, 6) is -2.20. The maximum Gasteiger partial charge on any atom is 0.408 e. The van der Waals surface area contributed by atoms with Gasteiger partial charge in [-0.1, -0.05) is 12.8 Å². The van der Waals surface area contributed by atoms with Crippen molar-refractivity contribution in [3.8, 4) is 0 Å². The molecule has 2 aliphatic rings. The summed E-state index contributed by atoms with van der Waals surface area (Å²) in [7, 11) is 1.67. The molecule has 0 spiro atoms. The van der Waals surface area contributed by atoms with Crippen LogP contribution < -0.4 is 16.0 Å². The van der Waals surface area contributed by atoms with Gasteiger partial charge in [-0.05, 0) is 52.9 Å². The fourth-order valence-corrected chi connectivity index (χ4v) is 4.37. The minimum absolute atomic E-state index is 0.215. The van der Waals surface area contributed by atoms with E-state index in [1.165, 1.54) is 4.68 Å². The lowest BCUT2D eigenvalue weighted by Crippen LogP contribution is -2.65. The zero-order valence-electron chi connectivity index (χ0n) is 20.2. The fourth-order valence-electron chi connectivity index (χ4n) is 4.37. The summed E-state index contributed by atoms with van der Waals surface area (Å²) in [4.78, 5) is 51.1. The van der Waals surface area contributed by atoms with Crippen LogP contribution in [0.1, 0.15) is 72.1 Å². The van der Waals surface area contributed by atoms with Crippen molar-refractivity contribution in [3.63, 3.8) is 0 Å². The molecule has 1 heterocycles. The molecule has 34 heavy (non-hydrogen) atoms. The predicted octanol–water partition coefficient (Wildman–Crippen LogP) is 2.53. The van der Waals surface area contributed by atoms with Crippen molar-refractivity contribution in [3.05, 3.63) is 12.3 Å². The van der Waals surface area contributed by atoms with E-state index in [1.54, 1.807) is 40.1 Å². The summed E-state index contributed by atoms with van der Waals surface area (Å²) < 4.78 is 22.0. The number of alkyl carbamates (subject to hydrolysis) is 1. The Morgan fingerprint density at radius 3 is 2.29 bits per heavy atom. The largest absolute Gasteiger partial charge is 0.444 e. The van der Waals surface area contributed by atoms with E-state index in [-0.39, 0.29) is 25.1 Å². The maximum absolute atomic E-state index is 15.3. The Balaban J connectivity index is 1.72. The lowest BCUT2D eigenvalue weighted by molar-refractivity contribution is -0.144. The number of nitrogens with one attached hydrogen (secondary N) is 3. The Labute approximate surface area is 198 Å². The number of rotatable bonds is 8. The number of halogens is 1. The van der Waals surface area contributed by atoms with Crippen LogP contribution >= 0.6 is 0 Å². The molecule has 188 valence electrons. The molecule has 0 radical (unpaired) electrons. The molecule has 0 saturated heterocycles. The zero-order chi connectivity index (χ0) is 25.1. The Morgan fingerprint density at radius 1 is 1.15 bits per heavy atom. The van der Waals surface area contributed by atoms with Crippen molar-refractivity contribution >= 4 is 29.5 Å². The average Bonchev–Trinajstić information content (AvgIpc) is 3.30. The van der Waals surface area contributed by atoms with Crippen LogP contribution in [-0.4, -0.2) is 56.3 Å². The number of alkyl halides is 1. The number of aryl methyl sites for hydroxylation is 1. The quantitative estimate of drug-likeness (QED) is 0.491. The second kappa shape index (κ2) is 9.71. The van der Waals surface area contributed by atoms with Crippen molar-refractivity contribution in [2.75, 3.05) is 5.32 Å². The van der Waals surface area contributed by atoms with Gasteiger partial charge in [-0.2, -0.15) is 5.10 Å². The number of Topliss-reactive ketones (excluding diaryl/α,β-unsaturated/α-hetero) is 1. The van der Waals surface area contributed by atoms with Crippen LogP contribution in [-0.2, 0) is 26.2 Å². The van der Waals surface area contributed by atoms with Crippen LogP contribution in [0.5, 0.6) is 0 Å². The Bertz CT molecular complexity index is 944. The minimum Gasteiger partial charge on any atom is -0.444 e. The Hall–Kier alpha value is -2.98. The lowest BCUT2D eigenvalue weighted by Gasteiger charge is -2.41. The van der Waals surface area contributed by atoms with Crippen molar-refractivity contribution in [1.82, 2.24) is 20.4 Å². The first-order valence-electron chi connectivity index (χ1n) is 11.7. The first-order valence-corrected chi connectivity index (χ1v) is 11.7. The van der Waals surface area contributed by atoms with Crippen molar-refractivity contribution in [1.29, 1.82) is 0 Å². The molecule has 0 unspecified atom stereocenters. The standard InChI is InChI=1S/C23H34FN5O5/c1-21(2,3)34-20(33)25-15(14-22(24)9-5-6-10-22)18(31)27-23(11-7-12-23)17(30)19(32)26-16-8-13-29(4)28-16/h8,13,15H,5-7,9-12,14H2,1-4H3,(H,25,33)(H,27,31)(H,26,28,32)/t15-/m0/s1. The van der Waals surface area contributed by atoms with E-state index in [2.05, 4.69) is 21.0 Å². The van der Waals surface area contributed by atoms with E-state index in [0.717, 1.165) is 0 Å². The molecule has 0 aliphatic heterocycles. The number of hydrogen-bond acceptors (Lipinski definition) is 6. The summed E-state index contributed by atoms with van der Waals surface area (Å²) in [6, 6.07) is 0.294. The molecule has 2 saturated carbocycles. The molecular formula is C23H34FN5O5. The van der Waals surface area contributed by atoms with Gasteiger partial charge in [0.1, 0.15) is 22.9 Å². The molecule has 3 rings (SSSR count). The summed E-state index contributed by atoms with van der Waals surface area (Å²) in [6.45, 7) is 5.03. The van der Waals surface area contributed by atoms with Crippen LogP contribution in [0.25, 0.3) is 0 Å². The molecule has 1 aromatic heterocycles. The topological polar surface area (TPSA) is 131 Å². The molecular weight excluding hydrogens is 445 g/mol. The minimum atomic E-state index is -1.59. The van der Waals surface area contributed by atoms with Gasteiger partial charge in [-0.3, -0.25) is 19.1 Å². The van der Waals surface area contributed by atoms with E-state index >= 15 is 4.39 Å². The Morgan fingerprint density at radius 2 is 1.79 bits per heavy atom. The van der Waals surface area contributed by atoms with Crippen LogP contribution in [0, 0.1) is 0 Å². The second-order valence-electron chi connectivity index (χ2n) is 10.3. The van der Waals surface area contributed by atoms with Crippen molar-refractivity contribution in [2.45, 2.75) is 95.0 Å². The van der Waals surface area contributed by atoms with Crippen LogP contribution in [0.15, 0.2) is 12.3 Å². The summed E-state index contributed by atoms with van der Waals surface area (Å²) in [5, 5.41) is 11.6. The highest BCUT2D eigenvalue weighted by Gasteiger charge is 2.50. The predicted molar refractivity (Wildman–Crippen MR) is 122 cm³/mol. The van der Waals surface area contributed by atoms with Gasteiger partial charge in [0.25, 0.3) is 5.91 Å². The van der Waals surface area contributed by atoms with Gasteiger partial charge in [0, 0.05) is 25.7 Å². The highest BCUT2D eigenvalue weighted by atomic mass is 19.1. The number of aromatic nitrogens is 2. The van der Waals surface area contributed by atoms with E-state index in [4.69, 9.17) is 4.74 Å². The smallest absolute Gasteiger partial charge is 0.408 e. The van der Waals surface area contributed by atoms with Gasteiger partial charge < -0.3 is 20.7 Å². The number of carbonyl (C=O) groups excluding carboxylic acids is 4. The first-order chi connectivity index (χ1) is 15.8. The lowest BCUT2D eigenvalue weighted by atomic mass is 9.73. The van der Waals surface area contributed by atoms with Gasteiger partial charge in [0.2, 0.25) is 11.7 Å². The highest BCUT2D eigenvalue weighted by Crippen LogP contribution is 2.38. The third-order valence-corrected chi connectivity index (χ3v) is 6.24. The van der Waals surface area contributed by atoms with Crippen LogP contribution in [0.3, 0.4) is 0 Å². The number of hydrogen-bond donors (Lipinski definition) is 3. The second-order valence-corrected chi connectivity index (χ2v) is 10.3. The third-order valence-electron chi connectivity index (χ3n) is 6.24. The van der Waals surface area contributed by atoms with Crippen molar-refractivity contribution in [2.24, 2.45) is 7.05 Å². The third kappa shape index (κ3) is 6.32. The molecule has 0 aromatic carbocycles. The summed E-state index contributed by atoms with van der Waals surface area (Å²) >= 11 is 0. The van der Waals surface area contributed by atoms with Gasteiger partial charge >= 0.3 is 6.09 Å². The van der Waals surface area contributed by atoms with E-state index < -0.39 is 46.5 Å². The average molecular weight is 480 g/mol. The van der Waals surface area contributed by atoms with Crippen LogP contribution in [0.4, 0.5) is 15.0 Å². The molecule has 10 nitrogen and oxygen atoms in total. The number of amides is 3. The Kier molecular flexibility index (Phi) is 7.32. The van der Waals surface area contributed by atoms with Crippen molar-refractivity contribution < 1.29 is 28.3 Å². The maximum atomic E-state index is 15.3. The number of ketones is 1.